The van der Waals surface area contributed by atoms with Gasteiger partial charge in [-0.3, -0.25) is 4.79 Å². The highest BCUT2D eigenvalue weighted by atomic mass is 16.1. The molecule has 1 atom stereocenters. The molecule has 0 unspecified atom stereocenters. The van der Waals surface area contributed by atoms with E-state index in [1.165, 1.54) is 0 Å². The van der Waals surface area contributed by atoms with Crippen molar-refractivity contribution in [3.8, 4) is 0 Å². The monoisotopic (exact) mass is 128 g/mol. The first-order chi connectivity index (χ1) is 4.25. The van der Waals surface area contributed by atoms with E-state index in [0.717, 1.165) is 12.8 Å². The number of carbonyl (C=O) groups is 1. The summed E-state index contributed by atoms with van der Waals surface area (Å²) in [4.78, 5) is 10.6. The van der Waals surface area contributed by atoms with Crippen LogP contribution in [0.3, 0.4) is 0 Å². The minimum atomic E-state index is -0.222. The Morgan fingerprint density at radius 2 is 2.33 bits per heavy atom. The average Bonchev–Trinajstić information content (AvgIpc) is 2.50. The molecular formula is C6H12N2O. The van der Waals surface area contributed by atoms with Crippen LogP contribution in [0.15, 0.2) is 0 Å². The summed E-state index contributed by atoms with van der Waals surface area (Å²) >= 11 is 0. The van der Waals surface area contributed by atoms with Crippen molar-refractivity contribution in [3.05, 3.63) is 0 Å². The molecule has 0 heterocycles. The van der Waals surface area contributed by atoms with Gasteiger partial charge in [-0.25, -0.2) is 0 Å². The van der Waals surface area contributed by atoms with Crippen LogP contribution in [0.1, 0.15) is 12.8 Å². The first kappa shape index (κ1) is 6.55. The number of rotatable bonds is 3. The van der Waals surface area contributed by atoms with Crippen molar-refractivity contribution in [3.63, 3.8) is 0 Å². The fraction of sp³-hybridized carbons (Fsp3) is 0.833. The Balaban J connectivity index is 2.37. The molecule has 1 amide bonds. The Hall–Kier alpha value is -0.570. The van der Waals surface area contributed by atoms with Crippen LogP contribution in [0.25, 0.3) is 0 Å². The fourth-order valence-corrected chi connectivity index (χ4v) is 1.04. The van der Waals surface area contributed by atoms with E-state index < -0.39 is 0 Å². The zero-order valence-corrected chi connectivity index (χ0v) is 5.55. The van der Waals surface area contributed by atoms with Crippen LogP contribution in [-0.2, 0) is 4.79 Å². The molecule has 0 saturated heterocycles. The van der Waals surface area contributed by atoms with Crippen molar-refractivity contribution < 1.29 is 4.79 Å². The van der Waals surface area contributed by atoms with Crippen LogP contribution in [0, 0.1) is 5.92 Å². The van der Waals surface area contributed by atoms with Gasteiger partial charge in [0.1, 0.15) is 0 Å². The third kappa shape index (κ3) is 1.42. The lowest BCUT2D eigenvalue weighted by atomic mass is 10.2. The Labute approximate surface area is 54.6 Å². The highest BCUT2D eigenvalue weighted by molar-refractivity contribution is 5.80. The van der Waals surface area contributed by atoms with E-state index >= 15 is 0 Å². The smallest absolute Gasteiger partial charge is 0.234 e. The lowest BCUT2D eigenvalue weighted by molar-refractivity contribution is -0.120. The highest BCUT2D eigenvalue weighted by Gasteiger charge is 2.33. The number of amides is 1. The van der Waals surface area contributed by atoms with Crippen LogP contribution in [0.4, 0.5) is 0 Å². The molecule has 1 saturated carbocycles. The van der Waals surface area contributed by atoms with Crippen LogP contribution in [0.2, 0.25) is 0 Å². The predicted octanol–water partition coefficient (Wildman–Crippen LogP) is -0.530. The Kier molecular flexibility index (Phi) is 1.71. The van der Waals surface area contributed by atoms with Gasteiger partial charge in [-0.05, 0) is 25.8 Å². The number of nitrogens with one attached hydrogen (secondary N) is 1. The molecule has 0 spiro atoms. The Bertz CT molecular complexity index is 120. The van der Waals surface area contributed by atoms with Crippen molar-refractivity contribution in [2.45, 2.75) is 18.9 Å². The van der Waals surface area contributed by atoms with E-state index in [9.17, 15) is 4.79 Å². The van der Waals surface area contributed by atoms with Crippen LogP contribution in [0.5, 0.6) is 0 Å². The van der Waals surface area contributed by atoms with Gasteiger partial charge in [0.25, 0.3) is 0 Å². The molecule has 52 valence electrons. The standard InChI is InChI=1S/C6H12N2O/c1-8-5(6(7)9)4-2-3-4/h4-5,8H,2-3H2,1H3,(H2,7,9)/t5-/m0/s1. The van der Waals surface area contributed by atoms with Crippen molar-refractivity contribution in [1.82, 2.24) is 5.32 Å². The van der Waals surface area contributed by atoms with E-state index in [4.69, 9.17) is 5.73 Å². The normalized spacial score (nSPS) is 21.4. The maximum atomic E-state index is 10.6. The summed E-state index contributed by atoms with van der Waals surface area (Å²) in [5, 5.41) is 2.89. The first-order valence-corrected chi connectivity index (χ1v) is 3.22. The molecule has 0 bridgehead atoms. The molecule has 0 radical (unpaired) electrons. The lowest BCUT2D eigenvalue weighted by Crippen LogP contribution is -2.40. The van der Waals surface area contributed by atoms with Crippen molar-refractivity contribution in [2.75, 3.05) is 7.05 Å². The van der Waals surface area contributed by atoms with E-state index in [1.807, 2.05) is 0 Å². The average molecular weight is 128 g/mol. The highest BCUT2D eigenvalue weighted by Crippen LogP contribution is 2.32. The number of hydrogen-bond donors (Lipinski definition) is 2. The van der Waals surface area contributed by atoms with E-state index in [-0.39, 0.29) is 11.9 Å². The van der Waals surface area contributed by atoms with Gasteiger partial charge in [0.15, 0.2) is 0 Å². The van der Waals surface area contributed by atoms with Gasteiger partial charge in [0.2, 0.25) is 5.91 Å². The van der Waals surface area contributed by atoms with Gasteiger partial charge in [-0.15, -0.1) is 0 Å². The van der Waals surface area contributed by atoms with Gasteiger partial charge in [-0.2, -0.15) is 0 Å². The topological polar surface area (TPSA) is 55.1 Å². The molecule has 1 rings (SSSR count). The first-order valence-electron chi connectivity index (χ1n) is 3.22. The molecule has 3 N–H and O–H groups in total. The molecule has 0 aromatic heterocycles. The summed E-state index contributed by atoms with van der Waals surface area (Å²) in [6.07, 6.45) is 2.29. The maximum Gasteiger partial charge on any atom is 0.234 e. The predicted molar refractivity (Wildman–Crippen MR) is 34.8 cm³/mol. The molecule has 9 heavy (non-hydrogen) atoms. The SMILES string of the molecule is CN[C@H](C(N)=O)C1CC1. The van der Waals surface area contributed by atoms with Crippen LogP contribution < -0.4 is 11.1 Å². The third-order valence-electron chi connectivity index (χ3n) is 1.71. The number of likely N-dealkylation sites (N-methyl/N-ethyl adjacent to an activating group) is 1. The molecule has 0 aromatic carbocycles. The zero-order chi connectivity index (χ0) is 6.85. The zero-order valence-electron chi connectivity index (χ0n) is 5.55. The quantitative estimate of drug-likeness (QED) is 0.537. The maximum absolute atomic E-state index is 10.6. The summed E-state index contributed by atoms with van der Waals surface area (Å²) in [5.74, 6) is 0.299. The van der Waals surface area contributed by atoms with Crippen molar-refractivity contribution in [1.29, 1.82) is 0 Å². The van der Waals surface area contributed by atoms with E-state index in [0.29, 0.717) is 5.92 Å². The number of nitrogens with two attached hydrogens (primary N) is 1. The van der Waals surface area contributed by atoms with Crippen LogP contribution in [-0.4, -0.2) is 19.0 Å². The number of carbonyl (C=O) groups excluding carboxylic acids is 1. The van der Waals surface area contributed by atoms with Gasteiger partial charge in [-0.1, -0.05) is 0 Å². The molecule has 0 aromatic rings. The third-order valence-corrected chi connectivity index (χ3v) is 1.71. The van der Waals surface area contributed by atoms with Gasteiger partial charge < -0.3 is 11.1 Å². The second-order valence-electron chi connectivity index (χ2n) is 2.51. The Morgan fingerprint density at radius 3 is 2.44 bits per heavy atom. The molecule has 3 heteroatoms. The van der Waals surface area contributed by atoms with Crippen LogP contribution >= 0.6 is 0 Å². The summed E-state index contributed by atoms with van der Waals surface area (Å²) in [6.45, 7) is 0. The lowest BCUT2D eigenvalue weighted by Gasteiger charge is -2.08. The van der Waals surface area contributed by atoms with Gasteiger partial charge >= 0.3 is 0 Å². The second kappa shape index (κ2) is 2.35. The summed E-state index contributed by atoms with van der Waals surface area (Å²) in [6, 6.07) is -0.0787. The number of hydrogen-bond acceptors (Lipinski definition) is 2. The van der Waals surface area contributed by atoms with Crippen molar-refractivity contribution in [2.24, 2.45) is 11.7 Å². The molecular weight excluding hydrogens is 116 g/mol. The minimum absolute atomic E-state index is 0.0787. The molecule has 1 aliphatic rings. The summed E-state index contributed by atoms with van der Waals surface area (Å²) in [5.41, 5.74) is 5.09. The minimum Gasteiger partial charge on any atom is -0.368 e. The van der Waals surface area contributed by atoms with Gasteiger partial charge in [0, 0.05) is 0 Å². The number of primary amides is 1. The largest absolute Gasteiger partial charge is 0.368 e. The second-order valence-corrected chi connectivity index (χ2v) is 2.51. The van der Waals surface area contributed by atoms with E-state index in [2.05, 4.69) is 5.32 Å². The Morgan fingerprint density at radius 1 is 1.78 bits per heavy atom. The molecule has 1 aliphatic carbocycles. The fourth-order valence-electron chi connectivity index (χ4n) is 1.04. The summed E-state index contributed by atoms with van der Waals surface area (Å²) in [7, 11) is 1.77. The summed E-state index contributed by atoms with van der Waals surface area (Å²) < 4.78 is 0. The van der Waals surface area contributed by atoms with Gasteiger partial charge in [0.05, 0.1) is 6.04 Å². The molecule has 0 aliphatic heterocycles. The molecule has 1 fully saturated rings. The van der Waals surface area contributed by atoms with Crippen molar-refractivity contribution >= 4 is 5.91 Å². The molecule has 3 nitrogen and oxygen atoms in total. The van der Waals surface area contributed by atoms with E-state index in [1.54, 1.807) is 7.05 Å².